The molecule has 0 spiro atoms. The predicted molar refractivity (Wildman–Crippen MR) is 79.1 cm³/mol. The Labute approximate surface area is 121 Å². The van der Waals surface area contributed by atoms with Crippen molar-refractivity contribution in [2.45, 2.75) is 43.0 Å². The molecule has 0 N–H and O–H groups in total. The number of halogens is 1. The zero-order valence-electron chi connectivity index (χ0n) is 10.4. The molecule has 102 valence electrons. The van der Waals surface area contributed by atoms with E-state index in [0.717, 1.165) is 12.8 Å². The van der Waals surface area contributed by atoms with E-state index in [1.807, 2.05) is 0 Å². The van der Waals surface area contributed by atoms with Gasteiger partial charge in [-0.05, 0) is 18.9 Å². The molecule has 2 rings (SSSR count). The molecular formula is C13H15ClN2O2S. The normalized spacial score (nSPS) is 17.4. The van der Waals surface area contributed by atoms with Crippen molar-refractivity contribution in [1.29, 1.82) is 0 Å². The third kappa shape index (κ3) is 4.21. The summed E-state index contributed by atoms with van der Waals surface area (Å²) in [6, 6.07) is 6.86. The third-order valence-corrected chi connectivity index (χ3v) is 4.28. The lowest BCUT2D eigenvalue weighted by Crippen LogP contribution is -2.10. The fraction of sp³-hybridized carbons (Fsp3) is 0.462. The van der Waals surface area contributed by atoms with Crippen molar-refractivity contribution in [1.82, 2.24) is 0 Å². The molecule has 0 bridgehead atoms. The highest BCUT2D eigenvalue weighted by atomic mass is 35.5. The smallest absolute Gasteiger partial charge is 0.264 e. The number of hydrogen-bond acceptors (Lipinski definition) is 4. The Bertz CT molecular complexity index is 487. The zero-order chi connectivity index (χ0) is 13.7. The molecule has 1 fully saturated rings. The minimum Gasteiger partial charge on any atom is -0.264 e. The van der Waals surface area contributed by atoms with Crippen LogP contribution in [0.5, 0.6) is 0 Å². The van der Waals surface area contributed by atoms with Crippen LogP contribution in [0.15, 0.2) is 34.2 Å². The van der Waals surface area contributed by atoms with Crippen LogP contribution in [0.2, 0.25) is 0 Å². The molecule has 1 saturated carbocycles. The van der Waals surface area contributed by atoms with Crippen LogP contribution >= 0.6 is 23.4 Å². The summed E-state index contributed by atoms with van der Waals surface area (Å²) in [6.07, 6.45) is 5.77. The average molecular weight is 299 g/mol. The molecule has 0 unspecified atom stereocenters. The Morgan fingerprint density at radius 1 is 1.32 bits per heavy atom. The minimum absolute atomic E-state index is 0.0736. The van der Waals surface area contributed by atoms with Gasteiger partial charge in [0.25, 0.3) is 5.69 Å². The molecule has 0 saturated heterocycles. The lowest BCUT2D eigenvalue weighted by atomic mass is 9.96. The molecule has 0 aliphatic heterocycles. The molecule has 0 atom stereocenters. The summed E-state index contributed by atoms with van der Waals surface area (Å²) in [4.78, 5) is 15.5. The molecule has 6 heteroatoms. The largest absolute Gasteiger partial charge is 0.283 e. The highest BCUT2D eigenvalue weighted by Gasteiger charge is 2.17. The molecular weight excluding hydrogens is 284 g/mol. The lowest BCUT2D eigenvalue weighted by molar-refractivity contribution is -0.387. The summed E-state index contributed by atoms with van der Waals surface area (Å²) in [6.45, 7) is 0. The molecule has 19 heavy (non-hydrogen) atoms. The van der Waals surface area contributed by atoms with Crippen LogP contribution in [0.25, 0.3) is 0 Å². The van der Waals surface area contributed by atoms with Crippen LogP contribution in [0, 0.1) is 10.1 Å². The summed E-state index contributed by atoms with van der Waals surface area (Å²) in [5, 5.41) is 10.9. The van der Waals surface area contributed by atoms with Crippen LogP contribution in [-0.2, 0) is 0 Å². The molecule has 1 aliphatic rings. The van der Waals surface area contributed by atoms with Gasteiger partial charge < -0.3 is 0 Å². The Kier molecular flexibility index (Phi) is 5.22. The summed E-state index contributed by atoms with van der Waals surface area (Å²) in [5.41, 5.74) is 0.0736. The first-order chi connectivity index (χ1) is 9.16. The van der Waals surface area contributed by atoms with Gasteiger partial charge in [-0.25, -0.2) is 0 Å². The number of para-hydroxylation sites is 1. The number of nitrogens with zero attached hydrogens (tertiary/aromatic N) is 2. The van der Waals surface area contributed by atoms with Gasteiger partial charge in [0.15, 0.2) is 4.50 Å². The van der Waals surface area contributed by atoms with E-state index < -0.39 is 4.92 Å². The number of rotatable bonds is 3. The minimum atomic E-state index is -0.396. The molecule has 0 aromatic heterocycles. The van der Waals surface area contributed by atoms with Crippen LogP contribution in [0.3, 0.4) is 0 Å². The number of benzene rings is 1. The molecule has 0 heterocycles. The Morgan fingerprint density at radius 3 is 2.68 bits per heavy atom. The highest BCUT2D eigenvalue weighted by Crippen LogP contribution is 2.32. The Hall–Kier alpha value is -1.07. The van der Waals surface area contributed by atoms with E-state index in [9.17, 15) is 10.1 Å². The van der Waals surface area contributed by atoms with Gasteiger partial charge in [0.2, 0.25) is 0 Å². The maximum atomic E-state index is 10.9. The lowest BCUT2D eigenvalue weighted by Gasteiger charge is -2.17. The monoisotopic (exact) mass is 298 g/mol. The van der Waals surface area contributed by atoms with Crippen LogP contribution in [0.1, 0.15) is 32.1 Å². The van der Waals surface area contributed by atoms with Crippen molar-refractivity contribution in [2.75, 3.05) is 0 Å². The maximum Gasteiger partial charge on any atom is 0.283 e. The van der Waals surface area contributed by atoms with Gasteiger partial charge in [0.1, 0.15) is 0 Å². The van der Waals surface area contributed by atoms with E-state index in [-0.39, 0.29) is 11.7 Å². The van der Waals surface area contributed by atoms with Crippen molar-refractivity contribution >= 4 is 33.6 Å². The van der Waals surface area contributed by atoms with E-state index in [1.54, 1.807) is 18.2 Å². The summed E-state index contributed by atoms with van der Waals surface area (Å²) in [7, 11) is 0. The van der Waals surface area contributed by atoms with Gasteiger partial charge in [-0.15, -0.1) is 0 Å². The number of nitro benzene ring substituents is 1. The topological polar surface area (TPSA) is 55.5 Å². The summed E-state index contributed by atoms with van der Waals surface area (Å²) < 4.78 is 0.390. The van der Waals surface area contributed by atoms with Gasteiger partial charge in [-0.1, -0.05) is 54.8 Å². The fourth-order valence-corrected chi connectivity index (χ4v) is 3.33. The van der Waals surface area contributed by atoms with Crippen LogP contribution < -0.4 is 0 Å². The fourth-order valence-electron chi connectivity index (χ4n) is 2.17. The van der Waals surface area contributed by atoms with E-state index in [4.69, 9.17) is 11.6 Å². The Balaban J connectivity index is 2.07. The van der Waals surface area contributed by atoms with Gasteiger partial charge in [-0.3, -0.25) is 15.1 Å². The van der Waals surface area contributed by atoms with E-state index in [2.05, 4.69) is 4.99 Å². The second-order valence-electron chi connectivity index (χ2n) is 4.50. The van der Waals surface area contributed by atoms with E-state index in [1.165, 1.54) is 37.1 Å². The summed E-state index contributed by atoms with van der Waals surface area (Å²) >= 11 is 7.28. The number of nitro groups is 1. The predicted octanol–water partition coefficient (Wildman–Crippen LogP) is 4.61. The van der Waals surface area contributed by atoms with Crippen molar-refractivity contribution in [3.63, 3.8) is 0 Å². The average Bonchev–Trinajstić information content (AvgIpc) is 2.40. The van der Waals surface area contributed by atoms with Gasteiger partial charge >= 0.3 is 0 Å². The third-order valence-electron chi connectivity index (χ3n) is 3.11. The van der Waals surface area contributed by atoms with E-state index >= 15 is 0 Å². The second-order valence-corrected chi connectivity index (χ2v) is 6.11. The van der Waals surface area contributed by atoms with Gasteiger partial charge in [-0.2, -0.15) is 0 Å². The number of thioether (sulfide) groups is 1. The van der Waals surface area contributed by atoms with Crippen molar-refractivity contribution in [2.24, 2.45) is 4.99 Å². The number of aliphatic imine (C=N–C) groups is 1. The SMILES string of the molecule is O=[N+]([O-])c1ccccc1SC(Cl)=NC1CCCCC1. The van der Waals surface area contributed by atoms with Crippen LogP contribution in [-0.4, -0.2) is 15.5 Å². The molecule has 0 amide bonds. The number of hydrogen-bond donors (Lipinski definition) is 0. The second kappa shape index (κ2) is 6.91. The Morgan fingerprint density at radius 2 is 2.00 bits per heavy atom. The standard InChI is InChI=1S/C13H15ClN2O2S/c14-13(15-10-6-2-1-3-7-10)19-12-9-5-4-8-11(12)16(17)18/h4-5,8-10H,1-3,6-7H2. The molecule has 1 aliphatic carbocycles. The van der Waals surface area contributed by atoms with Gasteiger partial charge in [0.05, 0.1) is 15.9 Å². The van der Waals surface area contributed by atoms with Crippen molar-refractivity contribution in [3.05, 3.63) is 34.4 Å². The quantitative estimate of drug-likeness (QED) is 0.269. The van der Waals surface area contributed by atoms with Crippen molar-refractivity contribution < 1.29 is 4.92 Å². The molecule has 0 radical (unpaired) electrons. The first kappa shape index (κ1) is 14.3. The zero-order valence-corrected chi connectivity index (χ0v) is 12.0. The molecule has 4 nitrogen and oxygen atoms in total. The first-order valence-electron chi connectivity index (χ1n) is 6.31. The van der Waals surface area contributed by atoms with Gasteiger partial charge in [0, 0.05) is 6.07 Å². The van der Waals surface area contributed by atoms with Crippen molar-refractivity contribution in [3.8, 4) is 0 Å². The maximum absolute atomic E-state index is 10.9. The highest BCUT2D eigenvalue weighted by molar-refractivity contribution is 8.16. The van der Waals surface area contributed by atoms with Crippen LogP contribution in [0.4, 0.5) is 5.69 Å². The molecule has 1 aromatic carbocycles. The van der Waals surface area contributed by atoms with E-state index in [0.29, 0.717) is 9.40 Å². The first-order valence-corrected chi connectivity index (χ1v) is 7.51. The summed E-state index contributed by atoms with van der Waals surface area (Å²) in [5.74, 6) is 0. The molecule has 1 aromatic rings.